The third-order valence-electron chi connectivity index (χ3n) is 2.11. The van der Waals surface area contributed by atoms with Crippen molar-refractivity contribution in [2.75, 3.05) is 6.61 Å². The average molecular weight is 140 g/mol. The van der Waals surface area contributed by atoms with Gasteiger partial charge in [-0.15, -0.1) is 0 Å². The molecule has 0 aromatic carbocycles. The van der Waals surface area contributed by atoms with Crippen LogP contribution in [0, 0.1) is 11.8 Å². The maximum absolute atomic E-state index is 10.8. The van der Waals surface area contributed by atoms with E-state index >= 15 is 0 Å². The van der Waals surface area contributed by atoms with Crippen LogP contribution in [0.2, 0.25) is 0 Å². The van der Waals surface area contributed by atoms with E-state index in [-0.39, 0.29) is 17.8 Å². The van der Waals surface area contributed by atoms with Crippen LogP contribution in [0.25, 0.3) is 0 Å². The Kier molecular flexibility index (Phi) is 1.08. The summed E-state index contributed by atoms with van der Waals surface area (Å²) in [7, 11) is 0. The van der Waals surface area contributed by atoms with E-state index in [4.69, 9.17) is 4.74 Å². The molecule has 0 aromatic rings. The van der Waals surface area contributed by atoms with Gasteiger partial charge in [0.15, 0.2) is 0 Å². The Morgan fingerprint density at radius 1 is 1.60 bits per heavy atom. The highest BCUT2D eigenvalue weighted by Gasteiger charge is 2.42. The number of rotatable bonds is 0. The molecule has 0 aromatic heterocycles. The van der Waals surface area contributed by atoms with Crippen LogP contribution in [-0.4, -0.2) is 23.8 Å². The number of carbonyl (C=O) groups excluding carboxylic acids is 1. The van der Waals surface area contributed by atoms with E-state index in [1.165, 1.54) is 0 Å². The Bertz CT molecular complexity index is 197. The predicted octanol–water partition coefficient (Wildman–Crippen LogP) is -0.294. The van der Waals surface area contributed by atoms with Gasteiger partial charge in [-0.25, -0.2) is 0 Å². The second-order valence-corrected chi connectivity index (χ2v) is 2.70. The molecule has 10 heavy (non-hydrogen) atoms. The highest BCUT2D eigenvalue weighted by molar-refractivity contribution is 5.77. The number of cyclic esters (lactones) is 1. The van der Waals surface area contributed by atoms with Crippen molar-refractivity contribution in [1.82, 2.24) is 0 Å². The van der Waals surface area contributed by atoms with E-state index in [1.54, 1.807) is 12.2 Å². The molecule has 3 heteroatoms. The van der Waals surface area contributed by atoms with Crippen LogP contribution >= 0.6 is 0 Å². The summed E-state index contributed by atoms with van der Waals surface area (Å²) in [6.07, 6.45) is 2.91. The van der Waals surface area contributed by atoms with Crippen LogP contribution in [0.1, 0.15) is 0 Å². The standard InChI is InChI=1S/C7H8O3/c8-6-2-1-4-5(6)3-10-7(4)9/h1-2,4-6,8H,3H2/t4-,5-,6+/m1/s1. The lowest BCUT2D eigenvalue weighted by molar-refractivity contribution is -0.140. The van der Waals surface area contributed by atoms with Gasteiger partial charge in [-0.05, 0) is 0 Å². The number of aliphatic hydroxyl groups excluding tert-OH is 1. The first kappa shape index (κ1) is 5.92. The summed E-state index contributed by atoms with van der Waals surface area (Å²) in [5.41, 5.74) is 0. The molecule has 0 saturated carbocycles. The quantitative estimate of drug-likeness (QED) is 0.371. The number of esters is 1. The van der Waals surface area contributed by atoms with Gasteiger partial charge in [0, 0.05) is 5.92 Å². The zero-order valence-electron chi connectivity index (χ0n) is 5.36. The fraction of sp³-hybridized carbons (Fsp3) is 0.571. The van der Waals surface area contributed by atoms with E-state index < -0.39 is 6.10 Å². The van der Waals surface area contributed by atoms with E-state index in [2.05, 4.69) is 0 Å². The first-order chi connectivity index (χ1) is 4.79. The predicted molar refractivity (Wildman–Crippen MR) is 33.1 cm³/mol. The normalized spacial score (nSPS) is 43.7. The first-order valence-corrected chi connectivity index (χ1v) is 3.32. The minimum atomic E-state index is -0.476. The molecule has 1 aliphatic carbocycles. The topological polar surface area (TPSA) is 46.5 Å². The number of hydrogen-bond acceptors (Lipinski definition) is 3. The summed E-state index contributed by atoms with van der Waals surface area (Å²) < 4.78 is 4.74. The monoisotopic (exact) mass is 140 g/mol. The number of fused-ring (bicyclic) bond motifs is 1. The van der Waals surface area contributed by atoms with Crippen LogP contribution in [0.5, 0.6) is 0 Å². The molecule has 0 radical (unpaired) electrons. The van der Waals surface area contributed by atoms with Crippen molar-refractivity contribution in [2.24, 2.45) is 11.8 Å². The Morgan fingerprint density at radius 2 is 2.40 bits per heavy atom. The molecule has 0 bridgehead atoms. The van der Waals surface area contributed by atoms with Crippen molar-refractivity contribution < 1.29 is 14.6 Å². The summed E-state index contributed by atoms with van der Waals surface area (Å²) in [6.45, 7) is 0.373. The highest BCUT2D eigenvalue weighted by Crippen LogP contribution is 2.31. The van der Waals surface area contributed by atoms with Gasteiger partial charge >= 0.3 is 5.97 Å². The maximum atomic E-state index is 10.8. The molecule has 2 aliphatic rings. The second kappa shape index (κ2) is 1.83. The van der Waals surface area contributed by atoms with Gasteiger partial charge in [0.1, 0.15) is 0 Å². The lowest BCUT2D eigenvalue weighted by Crippen LogP contribution is -2.19. The number of ether oxygens (including phenoxy) is 1. The van der Waals surface area contributed by atoms with E-state index in [0.29, 0.717) is 6.61 Å². The molecule has 1 aliphatic heterocycles. The molecule has 3 atom stereocenters. The van der Waals surface area contributed by atoms with Gasteiger partial charge in [-0.2, -0.15) is 0 Å². The van der Waals surface area contributed by atoms with Crippen LogP contribution in [-0.2, 0) is 9.53 Å². The van der Waals surface area contributed by atoms with Gasteiger partial charge in [-0.3, -0.25) is 4.79 Å². The van der Waals surface area contributed by atoms with Crippen molar-refractivity contribution >= 4 is 5.97 Å². The van der Waals surface area contributed by atoms with Crippen molar-refractivity contribution in [1.29, 1.82) is 0 Å². The molecule has 3 nitrogen and oxygen atoms in total. The zero-order valence-corrected chi connectivity index (χ0v) is 5.36. The van der Waals surface area contributed by atoms with Crippen LogP contribution in [0.15, 0.2) is 12.2 Å². The fourth-order valence-corrected chi connectivity index (χ4v) is 1.46. The minimum absolute atomic E-state index is 0.00694. The lowest BCUT2D eigenvalue weighted by atomic mass is 9.98. The molecule has 0 spiro atoms. The van der Waals surface area contributed by atoms with E-state index in [0.717, 1.165) is 0 Å². The first-order valence-electron chi connectivity index (χ1n) is 3.32. The fourth-order valence-electron chi connectivity index (χ4n) is 1.46. The van der Waals surface area contributed by atoms with Crippen molar-refractivity contribution in [3.63, 3.8) is 0 Å². The summed E-state index contributed by atoms with van der Waals surface area (Å²) in [5, 5.41) is 9.20. The van der Waals surface area contributed by atoms with Gasteiger partial charge in [0.05, 0.1) is 18.6 Å². The average Bonchev–Trinajstić information content (AvgIpc) is 2.41. The largest absolute Gasteiger partial charge is 0.465 e. The second-order valence-electron chi connectivity index (χ2n) is 2.70. The molecule has 54 valence electrons. The highest BCUT2D eigenvalue weighted by atomic mass is 16.5. The SMILES string of the molecule is O=C1OC[C@H]2[C@@H](O)C=C[C@@H]12. The van der Waals surface area contributed by atoms with E-state index in [9.17, 15) is 9.90 Å². The molecule has 2 rings (SSSR count). The smallest absolute Gasteiger partial charge is 0.313 e. The summed E-state index contributed by atoms with van der Waals surface area (Å²) in [6, 6.07) is 0. The van der Waals surface area contributed by atoms with Crippen molar-refractivity contribution in [2.45, 2.75) is 6.10 Å². The van der Waals surface area contributed by atoms with Crippen LogP contribution in [0.4, 0.5) is 0 Å². The molecule has 1 saturated heterocycles. The Balaban J connectivity index is 2.24. The summed E-state index contributed by atoms with van der Waals surface area (Å²) in [4.78, 5) is 10.8. The molecule has 1 N–H and O–H groups in total. The molecular weight excluding hydrogens is 132 g/mol. The molecule has 0 unspecified atom stereocenters. The third-order valence-corrected chi connectivity index (χ3v) is 2.11. The van der Waals surface area contributed by atoms with Gasteiger partial charge < -0.3 is 9.84 Å². The number of carbonyl (C=O) groups is 1. The summed E-state index contributed by atoms with van der Waals surface area (Å²) >= 11 is 0. The molecular formula is C7H8O3. The van der Waals surface area contributed by atoms with Gasteiger partial charge in [0.2, 0.25) is 0 Å². The van der Waals surface area contributed by atoms with Crippen LogP contribution < -0.4 is 0 Å². The minimum Gasteiger partial charge on any atom is -0.465 e. The lowest BCUT2D eigenvalue weighted by Gasteiger charge is -2.06. The molecule has 1 fully saturated rings. The third kappa shape index (κ3) is 0.609. The van der Waals surface area contributed by atoms with E-state index in [1.807, 2.05) is 0 Å². The summed E-state index contributed by atoms with van der Waals surface area (Å²) in [5.74, 6) is -0.375. The van der Waals surface area contributed by atoms with Crippen molar-refractivity contribution in [3.8, 4) is 0 Å². The van der Waals surface area contributed by atoms with Crippen molar-refractivity contribution in [3.05, 3.63) is 12.2 Å². The molecule has 0 amide bonds. The maximum Gasteiger partial charge on any atom is 0.313 e. The molecule has 1 heterocycles. The number of hydrogen-bond donors (Lipinski definition) is 1. The van der Waals surface area contributed by atoms with Gasteiger partial charge in [0.25, 0.3) is 0 Å². The Morgan fingerprint density at radius 3 is 3.10 bits per heavy atom. The Labute approximate surface area is 58.3 Å². The Hall–Kier alpha value is -0.830. The van der Waals surface area contributed by atoms with Crippen LogP contribution in [0.3, 0.4) is 0 Å². The number of aliphatic hydroxyl groups is 1. The zero-order chi connectivity index (χ0) is 7.14. The van der Waals surface area contributed by atoms with Gasteiger partial charge in [-0.1, -0.05) is 12.2 Å².